The monoisotopic (exact) mass is 248 g/mol. The molecule has 0 aliphatic carbocycles. The summed E-state index contributed by atoms with van der Waals surface area (Å²) in [4.78, 5) is 10.8. The molecule has 0 aromatic heterocycles. The van der Waals surface area contributed by atoms with E-state index in [2.05, 4.69) is 6.92 Å². The number of methoxy groups -OCH3 is 1. The van der Waals surface area contributed by atoms with Crippen LogP contribution in [0.4, 0.5) is 0 Å². The summed E-state index contributed by atoms with van der Waals surface area (Å²) in [7, 11) is 1.52. The van der Waals surface area contributed by atoms with Crippen LogP contribution >= 0.6 is 0 Å². The van der Waals surface area contributed by atoms with E-state index in [0.717, 1.165) is 19.4 Å². The first-order chi connectivity index (χ1) is 8.11. The summed E-state index contributed by atoms with van der Waals surface area (Å²) in [6, 6.07) is 0. The Morgan fingerprint density at radius 1 is 1.24 bits per heavy atom. The van der Waals surface area contributed by atoms with Crippen LogP contribution in [0.2, 0.25) is 0 Å². The van der Waals surface area contributed by atoms with Crippen molar-refractivity contribution in [2.75, 3.05) is 26.9 Å². The van der Waals surface area contributed by atoms with E-state index < -0.39 is 12.4 Å². The first kappa shape index (κ1) is 16.4. The van der Waals surface area contributed by atoms with Gasteiger partial charge in [0.15, 0.2) is 6.29 Å². The number of hydrogen-bond acceptors (Lipinski definition) is 5. The molecule has 5 nitrogen and oxygen atoms in total. The molecular formula is C12H24O5. The molecule has 0 heterocycles. The van der Waals surface area contributed by atoms with Crippen LogP contribution in [0.1, 0.15) is 33.6 Å². The smallest absolute Gasteiger partial charge is 0.303 e. The molecule has 0 fully saturated rings. The highest BCUT2D eigenvalue weighted by Gasteiger charge is 2.19. The molecule has 0 rings (SSSR count). The molecule has 0 aromatic carbocycles. The summed E-state index contributed by atoms with van der Waals surface area (Å²) in [6.45, 7) is 6.89. The van der Waals surface area contributed by atoms with Crippen LogP contribution in [0.5, 0.6) is 0 Å². The van der Waals surface area contributed by atoms with E-state index in [0.29, 0.717) is 13.2 Å². The Labute approximate surface area is 103 Å². The summed E-state index contributed by atoms with van der Waals surface area (Å²) >= 11 is 0. The second kappa shape index (κ2) is 10.5. The molecule has 0 aliphatic heterocycles. The fourth-order valence-electron chi connectivity index (χ4n) is 1.28. The van der Waals surface area contributed by atoms with Crippen LogP contribution in [0.15, 0.2) is 0 Å². The van der Waals surface area contributed by atoms with E-state index in [4.69, 9.17) is 18.9 Å². The minimum Gasteiger partial charge on any atom is -0.457 e. The Kier molecular flexibility index (Phi) is 10.1. The third kappa shape index (κ3) is 9.09. The highest BCUT2D eigenvalue weighted by Crippen LogP contribution is 2.05. The standard InChI is InChI=1S/C12H24O5/c1-5-6-7-15-8-9-16-12(14-4)10(2)17-11(3)13/h10,12H,5-9H2,1-4H3. The van der Waals surface area contributed by atoms with Gasteiger partial charge >= 0.3 is 5.97 Å². The lowest BCUT2D eigenvalue weighted by molar-refractivity contribution is -0.198. The van der Waals surface area contributed by atoms with Crippen LogP contribution in [-0.4, -0.2) is 45.3 Å². The van der Waals surface area contributed by atoms with E-state index in [1.165, 1.54) is 14.0 Å². The van der Waals surface area contributed by atoms with Crippen LogP contribution in [-0.2, 0) is 23.7 Å². The molecule has 0 bridgehead atoms. The highest BCUT2D eigenvalue weighted by atomic mass is 16.7. The van der Waals surface area contributed by atoms with Crippen LogP contribution < -0.4 is 0 Å². The number of ether oxygens (including phenoxy) is 4. The van der Waals surface area contributed by atoms with Crippen molar-refractivity contribution in [2.45, 2.75) is 46.0 Å². The van der Waals surface area contributed by atoms with Crippen LogP contribution in [0, 0.1) is 0 Å². The largest absolute Gasteiger partial charge is 0.457 e. The van der Waals surface area contributed by atoms with Gasteiger partial charge in [-0.2, -0.15) is 0 Å². The molecule has 2 atom stereocenters. The zero-order valence-corrected chi connectivity index (χ0v) is 11.2. The summed E-state index contributed by atoms with van der Waals surface area (Å²) in [6.07, 6.45) is 1.20. The van der Waals surface area contributed by atoms with Gasteiger partial charge in [-0.3, -0.25) is 4.79 Å². The molecule has 0 saturated heterocycles. The fraction of sp³-hybridized carbons (Fsp3) is 0.917. The molecule has 17 heavy (non-hydrogen) atoms. The van der Waals surface area contributed by atoms with E-state index in [1.54, 1.807) is 6.92 Å². The molecule has 0 saturated carbocycles. The number of carbonyl (C=O) groups is 1. The van der Waals surface area contributed by atoms with Gasteiger partial charge in [0, 0.05) is 20.6 Å². The Balaban J connectivity index is 3.63. The first-order valence-corrected chi connectivity index (χ1v) is 6.01. The van der Waals surface area contributed by atoms with Crippen molar-refractivity contribution in [3.63, 3.8) is 0 Å². The SMILES string of the molecule is CCCCOCCOC(OC)C(C)OC(C)=O. The number of unbranched alkanes of at least 4 members (excludes halogenated alkanes) is 1. The number of rotatable bonds is 10. The summed E-state index contributed by atoms with van der Waals surface area (Å²) in [5.74, 6) is -0.345. The van der Waals surface area contributed by atoms with Crippen molar-refractivity contribution in [1.29, 1.82) is 0 Å². The Morgan fingerprint density at radius 2 is 1.94 bits per heavy atom. The Morgan fingerprint density at radius 3 is 2.47 bits per heavy atom. The number of esters is 1. The minimum atomic E-state index is -0.548. The van der Waals surface area contributed by atoms with Gasteiger partial charge in [0.1, 0.15) is 6.10 Å². The molecule has 102 valence electrons. The van der Waals surface area contributed by atoms with Crippen molar-refractivity contribution in [1.82, 2.24) is 0 Å². The average molecular weight is 248 g/mol. The van der Waals surface area contributed by atoms with Gasteiger partial charge in [-0.15, -0.1) is 0 Å². The maximum Gasteiger partial charge on any atom is 0.303 e. The molecule has 0 radical (unpaired) electrons. The summed E-state index contributed by atoms with van der Waals surface area (Å²) in [5.41, 5.74) is 0. The van der Waals surface area contributed by atoms with E-state index in [1.807, 2.05) is 0 Å². The molecule has 2 unspecified atom stereocenters. The molecule has 0 N–H and O–H groups in total. The predicted molar refractivity (Wildman–Crippen MR) is 63.7 cm³/mol. The van der Waals surface area contributed by atoms with Crippen molar-refractivity contribution in [3.05, 3.63) is 0 Å². The van der Waals surface area contributed by atoms with Gasteiger partial charge in [0.05, 0.1) is 13.2 Å². The first-order valence-electron chi connectivity index (χ1n) is 6.01. The van der Waals surface area contributed by atoms with Gasteiger partial charge < -0.3 is 18.9 Å². The summed E-state index contributed by atoms with van der Waals surface area (Å²) in [5, 5.41) is 0. The van der Waals surface area contributed by atoms with Gasteiger partial charge in [-0.25, -0.2) is 0 Å². The molecule has 5 heteroatoms. The molecular weight excluding hydrogens is 224 g/mol. The Hall–Kier alpha value is -0.650. The molecule has 0 amide bonds. The maximum absolute atomic E-state index is 10.8. The van der Waals surface area contributed by atoms with Crippen molar-refractivity contribution in [2.24, 2.45) is 0 Å². The minimum absolute atomic E-state index is 0.345. The van der Waals surface area contributed by atoms with Crippen LogP contribution in [0.3, 0.4) is 0 Å². The number of carbonyl (C=O) groups excluding carboxylic acids is 1. The van der Waals surface area contributed by atoms with Gasteiger partial charge in [0.2, 0.25) is 0 Å². The zero-order valence-electron chi connectivity index (χ0n) is 11.2. The van der Waals surface area contributed by atoms with Crippen molar-refractivity contribution >= 4 is 5.97 Å². The van der Waals surface area contributed by atoms with Gasteiger partial charge in [0.25, 0.3) is 0 Å². The van der Waals surface area contributed by atoms with Gasteiger partial charge in [-0.1, -0.05) is 13.3 Å². The van der Waals surface area contributed by atoms with E-state index in [-0.39, 0.29) is 5.97 Å². The lowest BCUT2D eigenvalue weighted by Gasteiger charge is -2.22. The van der Waals surface area contributed by atoms with E-state index >= 15 is 0 Å². The van der Waals surface area contributed by atoms with Crippen molar-refractivity contribution < 1.29 is 23.7 Å². The third-order valence-corrected chi connectivity index (χ3v) is 2.12. The average Bonchev–Trinajstić information content (AvgIpc) is 2.27. The zero-order chi connectivity index (χ0) is 13.1. The topological polar surface area (TPSA) is 54.0 Å². The maximum atomic E-state index is 10.8. The van der Waals surface area contributed by atoms with Crippen LogP contribution in [0.25, 0.3) is 0 Å². The second-order valence-corrected chi connectivity index (χ2v) is 3.76. The molecule has 0 aromatic rings. The van der Waals surface area contributed by atoms with E-state index in [9.17, 15) is 4.79 Å². The summed E-state index contributed by atoms with van der Waals surface area (Å²) < 4.78 is 20.8. The lowest BCUT2D eigenvalue weighted by atomic mass is 10.4. The van der Waals surface area contributed by atoms with Crippen molar-refractivity contribution in [3.8, 4) is 0 Å². The normalized spacial score (nSPS) is 14.4. The number of hydrogen-bond donors (Lipinski definition) is 0. The molecule has 0 spiro atoms. The predicted octanol–water partition coefficient (Wildman–Crippen LogP) is 1.74. The fourth-order valence-corrected chi connectivity index (χ4v) is 1.28. The molecule has 0 aliphatic rings. The lowest BCUT2D eigenvalue weighted by Crippen LogP contribution is -2.33. The highest BCUT2D eigenvalue weighted by molar-refractivity contribution is 5.66. The quantitative estimate of drug-likeness (QED) is 0.335. The van der Waals surface area contributed by atoms with Gasteiger partial charge in [-0.05, 0) is 13.3 Å². The third-order valence-electron chi connectivity index (χ3n) is 2.12. The Bertz CT molecular complexity index is 195. The second-order valence-electron chi connectivity index (χ2n) is 3.76.